The van der Waals surface area contributed by atoms with Crippen molar-refractivity contribution in [3.63, 3.8) is 0 Å². The molecule has 0 atom stereocenters. The van der Waals surface area contributed by atoms with Crippen LogP contribution in [0, 0.1) is 0 Å². The monoisotopic (exact) mass is 352 g/mol. The van der Waals surface area contributed by atoms with E-state index in [9.17, 15) is 4.79 Å². The minimum Gasteiger partial charge on any atom is -0.490 e. The first kappa shape index (κ1) is 17.6. The van der Waals surface area contributed by atoms with Gasteiger partial charge in [-0.3, -0.25) is 4.79 Å². The van der Waals surface area contributed by atoms with Crippen LogP contribution in [0.25, 0.3) is 0 Å². The van der Waals surface area contributed by atoms with E-state index in [1.54, 1.807) is 12.1 Å². The summed E-state index contributed by atoms with van der Waals surface area (Å²) in [7, 11) is 0. The van der Waals surface area contributed by atoms with E-state index in [2.05, 4.69) is 10.6 Å². The molecule has 0 saturated carbocycles. The summed E-state index contributed by atoms with van der Waals surface area (Å²) in [6.07, 6.45) is 0. The highest BCUT2D eigenvalue weighted by atomic mass is 35.5. The van der Waals surface area contributed by atoms with Crippen LogP contribution >= 0.6 is 23.2 Å². The van der Waals surface area contributed by atoms with Crippen molar-refractivity contribution in [1.82, 2.24) is 5.32 Å². The van der Waals surface area contributed by atoms with E-state index in [-0.39, 0.29) is 5.91 Å². The molecule has 0 fully saturated rings. The lowest BCUT2D eigenvalue weighted by Gasteiger charge is -2.12. The molecular weight excluding hydrogens is 335 g/mol. The number of anilines is 1. The highest BCUT2D eigenvalue weighted by molar-refractivity contribution is 6.35. The lowest BCUT2D eigenvalue weighted by molar-refractivity contribution is -0.114. The molecule has 0 saturated heterocycles. The first-order valence-corrected chi connectivity index (χ1v) is 7.96. The van der Waals surface area contributed by atoms with Crippen molar-refractivity contribution >= 4 is 34.8 Å². The lowest BCUT2D eigenvalue weighted by atomic mass is 10.2. The maximum Gasteiger partial charge on any atom is 0.221 e. The van der Waals surface area contributed by atoms with Crippen molar-refractivity contribution in [3.8, 4) is 5.75 Å². The number of nitrogens with one attached hydrogen (secondary N) is 2. The van der Waals surface area contributed by atoms with E-state index in [4.69, 9.17) is 27.9 Å². The van der Waals surface area contributed by atoms with E-state index >= 15 is 0 Å². The number of benzene rings is 2. The molecule has 0 bridgehead atoms. The van der Waals surface area contributed by atoms with Crippen LogP contribution in [-0.4, -0.2) is 19.1 Å². The molecule has 0 aliphatic heterocycles. The number of carbonyl (C=O) groups excluding carboxylic acids is 1. The average molecular weight is 353 g/mol. The second kappa shape index (κ2) is 8.77. The number of para-hydroxylation sites is 2. The topological polar surface area (TPSA) is 50.4 Å². The van der Waals surface area contributed by atoms with Gasteiger partial charge in [-0.25, -0.2) is 0 Å². The molecule has 0 spiro atoms. The summed E-state index contributed by atoms with van der Waals surface area (Å²) in [6, 6.07) is 12.8. The van der Waals surface area contributed by atoms with Gasteiger partial charge in [0.25, 0.3) is 0 Å². The van der Waals surface area contributed by atoms with Crippen LogP contribution in [0.2, 0.25) is 10.0 Å². The molecule has 2 rings (SSSR count). The molecule has 2 N–H and O–H groups in total. The molecule has 0 unspecified atom stereocenters. The number of carbonyl (C=O) groups is 1. The Bertz CT molecular complexity index is 677. The summed E-state index contributed by atoms with van der Waals surface area (Å²) in [4.78, 5) is 11.2. The summed E-state index contributed by atoms with van der Waals surface area (Å²) in [6.45, 7) is 3.22. The highest BCUT2D eigenvalue weighted by Gasteiger charge is 2.04. The maximum atomic E-state index is 11.2. The molecule has 122 valence electrons. The molecule has 0 aliphatic rings. The molecule has 4 nitrogen and oxygen atoms in total. The average Bonchev–Trinajstić information content (AvgIpc) is 2.50. The smallest absolute Gasteiger partial charge is 0.221 e. The number of rotatable bonds is 7. The van der Waals surface area contributed by atoms with Gasteiger partial charge in [-0.1, -0.05) is 41.4 Å². The van der Waals surface area contributed by atoms with Crippen LogP contribution < -0.4 is 15.4 Å². The molecule has 6 heteroatoms. The van der Waals surface area contributed by atoms with E-state index in [0.717, 1.165) is 5.56 Å². The zero-order chi connectivity index (χ0) is 16.7. The number of hydrogen-bond acceptors (Lipinski definition) is 3. The predicted octanol–water partition coefficient (Wildman–Crippen LogP) is 4.12. The van der Waals surface area contributed by atoms with Gasteiger partial charge in [0.2, 0.25) is 5.91 Å². The second-order valence-electron chi connectivity index (χ2n) is 4.94. The summed E-state index contributed by atoms with van der Waals surface area (Å²) >= 11 is 12.0. The first-order chi connectivity index (χ1) is 11.1. The minimum absolute atomic E-state index is 0.128. The van der Waals surface area contributed by atoms with Crippen LogP contribution in [0.4, 0.5) is 5.69 Å². The normalized spacial score (nSPS) is 10.4. The van der Waals surface area contributed by atoms with Gasteiger partial charge >= 0.3 is 0 Å². The standard InChI is InChI=1S/C17H18Cl2N2O2/c1-12(22)21-16-4-2-3-5-17(16)23-9-8-20-11-13-6-7-14(18)10-15(13)19/h2-7,10,20H,8-9,11H2,1H3,(H,21,22). The second-order valence-corrected chi connectivity index (χ2v) is 5.78. The van der Waals surface area contributed by atoms with Gasteiger partial charge in [0.15, 0.2) is 0 Å². The Morgan fingerprint density at radius 1 is 1.17 bits per heavy atom. The van der Waals surface area contributed by atoms with Crippen molar-refractivity contribution < 1.29 is 9.53 Å². The van der Waals surface area contributed by atoms with Crippen LogP contribution in [0.3, 0.4) is 0 Å². The Labute approximate surface area is 145 Å². The molecule has 2 aromatic rings. The Kier molecular flexibility index (Phi) is 6.71. The zero-order valence-electron chi connectivity index (χ0n) is 12.7. The van der Waals surface area contributed by atoms with Crippen molar-refractivity contribution in [1.29, 1.82) is 0 Å². The Morgan fingerprint density at radius 2 is 1.96 bits per heavy atom. The fourth-order valence-corrected chi connectivity index (χ4v) is 2.48. The molecule has 0 aromatic heterocycles. The fraction of sp³-hybridized carbons (Fsp3) is 0.235. The quantitative estimate of drug-likeness (QED) is 0.737. The van der Waals surface area contributed by atoms with Gasteiger partial charge in [-0.2, -0.15) is 0 Å². The van der Waals surface area contributed by atoms with Crippen molar-refractivity contribution in [2.75, 3.05) is 18.5 Å². The summed E-state index contributed by atoms with van der Waals surface area (Å²) in [5, 5.41) is 7.25. The highest BCUT2D eigenvalue weighted by Crippen LogP contribution is 2.23. The molecule has 23 heavy (non-hydrogen) atoms. The lowest BCUT2D eigenvalue weighted by Crippen LogP contribution is -2.21. The van der Waals surface area contributed by atoms with Crippen LogP contribution in [0.15, 0.2) is 42.5 Å². The van der Waals surface area contributed by atoms with Crippen molar-refractivity contribution in [3.05, 3.63) is 58.1 Å². The van der Waals surface area contributed by atoms with Gasteiger partial charge in [-0.05, 0) is 29.8 Å². The third-order valence-electron chi connectivity index (χ3n) is 3.06. The summed E-state index contributed by atoms with van der Waals surface area (Å²) < 4.78 is 5.69. The minimum atomic E-state index is -0.128. The fourth-order valence-electron chi connectivity index (χ4n) is 2.01. The maximum absolute atomic E-state index is 11.2. The molecule has 0 aliphatic carbocycles. The summed E-state index contributed by atoms with van der Waals surface area (Å²) in [5.41, 5.74) is 1.65. The number of halogens is 2. The molecule has 0 heterocycles. The largest absolute Gasteiger partial charge is 0.490 e. The van der Waals surface area contributed by atoms with Crippen LogP contribution in [0.5, 0.6) is 5.75 Å². The molecular formula is C17H18Cl2N2O2. The number of amides is 1. The van der Waals surface area contributed by atoms with Gasteiger partial charge in [-0.15, -0.1) is 0 Å². The zero-order valence-corrected chi connectivity index (χ0v) is 14.2. The molecule has 0 radical (unpaired) electrons. The first-order valence-electron chi connectivity index (χ1n) is 7.20. The molecule has 1 amide bonds. The predicted molar refractivity (Wildman–Crippen MR) is 94.4 cm³/mol. The summed E-state index contributed by atoms with van der Waals surface area (Å²) in [5.74, 6) is 0.519. The third kappa shape index (κ3) is 5.75. The van der Waals surface area contributed by atoms with E-state index in [1.165, 1.54) is 6.92 Å². The van der Waals surface area contributed by atoms with Crippen molar-refractivity contribution in [2.45, 2.75) is 13.5 Å². The third-order valence-corrected chi connectivity index (χ3v) is 3.65. The Balaban J connectivity index is 1.78. The van der Waals surface area contributed by atoms with Gasteiger partial charge in [0.1, 0.15) is 12.4 Å². The Hall–Kier alpha value is -1.75. The number of hydrogen-bond donors (Lipinski definition) is 2. The Morgan fingerprint density at radius 3 is 2.70 bits per heavy atom. The van der Waals surface area contributed by atoms with Crippen molar-refractivity contribution in [2.24, 2.45) is 0 Å². The van der Waals surface area contributed by atoms with Crippen LogP contribution in [-0.2, 0) is 11.3 Å². The van der Waals surface area contributed by atoms with Gasteiger partial charge < -0.3 is 15.4 Å². The SMILES string of the molecule is CC(=O)Nc1ccccc1OCCNCc1ccc(Cl)cc1Cl. The van der Waals surface area contributed by atoms with Crippen LogP contribution in [0.1, 0.15) is 12.5 Å². The van der Waals surface area contributed by atoms with Gasteiger partial charge in [0.05, 0.1) is 5.69 Å². The number of ether oxygens (including phenoxy) is 1. The van der Waals surface area contributed by atoms with Gasteiger partial charge in [0, 0.05) is 30.1 Å². The van der Waals surface area contributed by atoms with E-state index in [1.807, 2.05) is 30.3 Å². The van der Waals surface area contributed by atoms with E-state index in [0.29, 0.717) is 41.2 Å². The van der Waals surface area contributed by atoms with E-state index < -0.39 is 0 Å². The molecule has 2 aromatic carbocycles.